The van der Waals surface area contributed by atoms with Crippen molar-refractivity contribution < 1.29 is 14.6 Å². The van der Waals surface area contributed by atoms with Gasteiger partial charge in [-0.15, -0.1) is 0 Å². The van der Waals surface area contributed by atoms with Crippen LogP contribution in [0.15, 0.2) is 72.8 Å². The molecular formula is C24H21NO3. The Labute approximate surface area is 163 Å². The van der Waals surface area contributed by atoms with Crippen LogP contribution in [-0.4, -0.2) is 23.5 Å². The molecule has 0 radical (unpaired) electrons. The summed E-state index contributed by atoms with van der Waals surface area (Å²) < 4.78 is 5.61. The number of rotatable bonds is 5. The van der Waals surface area contributed by atoms with Crippen molar-refractivity contribution in [3.63, 3.8) is 0 Å². The molecule has 0 bridgehead atoms. The van der Waals surface area contributed by atoms with Gasteiger partial charge in [0.25, 0.3) is 0 Å². The number of nitrogens with one attached hydrogen (secondary N) is 1. The second-order valence-electron chi connectivity index (χ2n) is 6.84. The van der Waals surface area contributed by atoms with E-state index in [1.807, 2.05) is 55.5 Å². The van der Waals surface area contributed by atoms with Crippen LogP contribution in [0, 0.1) is 6.92 Å². The van der Waals surface area contributed by atoms with Gasteiger partial charge >= 0.3 is 0 Å². The summed E-state index contributed by atoms with van der Waals surface area (Å²) in [7, 11) is 1.60. The molecule has 0 aliphatic carbocycles. The molecule has 0 aliphatic heterocycles. The summed E-state index contributed by atoms with van der Waals surface area (Å²) in [5.74, 6) is 0.776. The predicted molar refractivity (Wildman–Crippen MR) is 110 cm³/mol. The minimum Gasteiger partial charge on any atom is -0.508 e. The maximum Gasteiger partial charge on any atom is 0.141 e. The van der Waals surface area contributed by atoms with Gasteiger partial charge in [-0.3, -0.25) is 0 Å². The normalized spacial score (nSPS) is 13.2. The number of methoxy groups -OCH3 is 1. The molecule has 3 aromatic carbocycles. The molecule has 1 aromatic heterocycles. The number of fused-ring (bicyclic) bond motifs is 1. The number of benzene rings is 3. The molecule has 4 aromatic rings. The molecule has 0 saturated carbocycles. The number of aromatic hydroxyl groups is 1. The van der Waals surface area contributed by atoms with E-state index in [2.05, 4.69) is 4.98 Å². The summed E-state index contributed by atoms with van der Waals surface area (Å²) in [4.78, 5) is 16.3. The summed E-state index contributed by atoms with van der Waals surface area (Å²) in [6.07, 6.45) is 0.953. The Morgan fingerprint density at radius 2 is 1.64 bits per heavy atom. The first kappa shape index (κ1) is 17.9. The van der Waals surface area contributed by atoms with Crippen LogP contribution in [0.25, 0.3) is 10.9 Å². The average molecular weight is 371 g/mol. The molecule has 0 unspecified atom stereocenters. The van der Waals surface area contributed by atoms with Crippen LogP contribution < -0.4 is 4.74 Å². The molecule has 140 valence electrons. The zero-order chi connectivity index (χ0) is 19.7. The van der Waals surface area contributed by atoms with Crippen LogP contribution in [0.5, 0.6) is 11.5 Å². The maximum atomic E-state index is 12.9. The molecule has 0 saturated heterocycles. The maximum absolute atomic E-state index is 12.9. The SMILES string of the molecule is COc1ccccc1[C@](C=O)(c1ccc(O)cc1)c1[nH]c2ccccc2c1C. The summed E-state index contributed by atoms with van der Waals surface area (Å²) in [6.45, 7) is 2.02. The largest absolute Gasteiger partial charge is 0.508 e. The Kier molecular flexibility index (Phi) is 4.40. The van der Waals surface area contributed by atoms with Crippen molar-refractivity contribution in [1.29, 1.82) is 0 Å². The molecule has 1 heterocycles. The van der Waals surface area contributed by atoms with Gasteiger partial charge in [0, 0.05) is 22.2 Å². The quantitative estimate of drug-likeness (QED) is 0.499. The fourth-order valence-corrected chi connectivity index (χ4v) is 4.00. The standard InChI is InChI=1S/C24H21NO3/c1-16-19-7-3-5-9-21(19)25-23(16)24(15-26,17-11-13-18(27)14-12-17)20-8-4-6-10-22(20)28-2/h3-15,25,27H,1-2H3/t24-/m0/s1. The molecule has 4 heteroatoms. The van der Waals surface area contributed by atoms with E-state index >= 15 is 0 Å². The molecule has 2 N–H and O–H groups in total. The molecule has 0 spiro atoms. The third-order valence-corrected chi connectivity index (χ3v) is 5.39. The minimum atomic E-state index is -1.11. The molecule has 28 heavy (non-hydrogen) atoms. The number of phenolic OH excluding ortho intramolecular Hbond substituents is 1. The number of aldehydes is 1. The van der Waals surface area contributed by atoms with Gasteiger partial charge in [0.1, 0.15) is 23.2 Å². The van der Waals surface area contributed by atoms with Crippen molar-refractivity contribution in [3.8, 4) is 11.5 Å². The second kappa shape index (κ2) is 6.89. The van der Waals surface area contributed by atoms with E-state index in [0.717, 1.165) is 39.6 Å². The van der Waals surface area contributed by atoms with E-state index in [4.69, 9.17) is 4.74 Å². The van der Waals surface area contributed by atoms with Crippen LogP contribution >= 0.6 is 0 Å². The lowest BCUT2D eigenvalue weighted by atomic mass is 9.71. The summed E-state index contributed by atoms with van der Waals surface area (Å²) >= 11 is 0. The lowest BCUT2D eigenvalue weighted by Crippen LogP contribution is -2.33. The zero-order valence-corrected chi connectivity index (χ0v) is 15.8. The smallest absolute Gasteiger partial charge is 0.141 e. The van der Waals surface area contributed by atoms with Gasteiger partial charge in [-0.25, -0.2) is 0 Å². The van der Waals surface area contributed by atoms with E-state index in [1.165, 1.54) is 0 Å². The molecular weight excluding hydrogens is 350 g/mol. The Morgan fingerprint density at radius 1 is 0.964 bits per heavy atom. The first-order chi connectivity index (χ1) is 13.6. The summed E-state index contributed by atoms with van der Waals surface area (Å²) in [6, 6.07) is 22.3. The number of phenols is 1. The van der Waals surface area contributed by atoms with Crippen molar-refractivity contribution in [2.24, 2.45) is 0 Å². The minimum absolute atomic E-state index is 0.150. The number of aromatic nitrogens is 1. The number of hydrogen-bond donors (Lipinski definition) is 2. The molecule has 4 nitrogen and oxygen atoms in total. The van der Waals surface area contributed by atoms with E-state index < -0.39 is 5.41 Å². The van der Waals surface area contributed by atoms with Crippen molar-refractivity contribution in [3.05, 3.63) is 95.2 Å². The third-order valence-electron chi connectivity index (χ3n) is 5.39. The highest BCUT2D eigenvalue weighted by Crippen LogP contribution is 2.44. The number of aryl methyl sites for hydroxylation is 1. The highest BCUT2D eigenvalue weighted by molar-refractivity contribution is 5.90. The van der Waals surface area contributed by atoms with Crippen molar-refractivity contribution in [1.82, 2.24) is 4.98 Å². The average Bonchev–Trinajstić information content (AvgIpc) is 3.08. The highest BCUT2D eigenvalue weighted by atomic mass is 16.5. The van der Waals surface area contributed by atoms with Crippen LogP contribution in [0.3, 0.4) is 0 Å². The Balaban J connectivity index is 2.12. The van der Waals surface area contributed by atoms with Gasteiger partial charge in [-0.1, -0.05) is 48.5 Å². The zero-order valence-electron chi connectivity index (χ0n) is 15.8. The van der Waals surface area contributed by atoms with Gasteiger partial charge in [-0.05, 0) is 42.3 Å². The van der Waals surface area contributed by atoms with E-state index in [1.54, 1.807) is 31.4 Å². The molecule has 4 rings (SSSR count). The Morgan fingerprint density at radius 3 is 2.32 bits per heavy atom. The van der Waals surface area contributed by atoms with E-state index in [0.29, 0.717) is 5.75 Å². The summed E-state index contributed by atoms with van der Waals surface area (Å²) in [5, 5.41) is 10.9. The fraction of sp³-hybridized carbons (Fsp3) is 0.125. The van der Waals surface area contributed by atoms with E-state index in [9.17, 15) is 9.90 Å². The molecule has 0 aliphatic rings. The van der Waals surface area contributed by atoms with Crippen molar-refractivity contribution >= 4 is 17.2 Å². The molecule has 0 fully saturated rings. The fourth-order valence-electron chi connectivity index (χ4n) is 4.00. The predicted octanol–water partition coefficient (Wildman–Crippen LogP) is 4.72. The second-order valence-corrected chi connectivity index (χ2v) is 6.84. The number of carbonyl (C=O) groups is 1. The van der Waals surface area contributed by atoms with Crippen molar-refractivity contribution in [2.45, 2.75) is 12.3 Å². The van der Waals surface area contributed by atoms with Gasteiger partial charge in [0.05, 0.1) is 7.11 Å². The summed E-state index contributed by atoms with van der Waals surface area (Å²) in [5.41, 5.74) is 3.14. The Bertz CT molecular complexity index is 1140. The number of hydrogen-bond acceptors (Lipinski definition) is 3. The van der Waals surface area contributed by atoms with Crippen LogP contribution in [0.1, 0.15) is 22.4 Å². The van der Waals surface area contributed by atoms with Gasteiger partial charge in [-0.2, -0.15) is 0 Å². The number of carbonyl (C=O) groups excluding carboxylic acids is 1. The number of para-hydroxylation sites is 2. The number of H-pyrrole nitrogens is 1. The third kappa shape index (κ3) is 2.57. The number of ether oxygens (including phenoxy) is 1. The van der Waals surface area contributed by atoms with Gasteiger partial charge < -0.3 is 19.6 Å². The van der Waals surface area contributed by atoms with Crippen molar-refractivity contribution in [2.75, 3.05) is 7.11 Å². The van der Waals surface area contributed by atoms with Crippen LogP contribution in [0.4, 0.5) is 0 Å². The first-order valence-corrected chi connectivity index (χ1v) is 9.09. The lowest BCUT2D eigenvalue weighted by Gasteiger charge is -2.31. The van der Waals surface area contributed by atoms with Gasteiger partial charge in [0.15, 0.2) is 0 Å². The highest BCUT2D eigenvalue weighted by Gasteiger charge is 2.41. The monoisotopic (exact) mass is 371 g/mol. The number of aromatic amines is 1. The molecule has 0 amide bonds. The molecule has 1 atom stereocenters. The van der Waals surface area contributed by atoms with Crippen LogP contribution in [0.2, 0.25) is 0 Å². The van der Waals surface area contributed by atoms with Crippen LogP contribution in [-0.2, 0) is 10.2 Å². The lowest BCUT2D eigenvalue weighted by molar-refractivity contribution is -0.110. The first-order valence-electron chi connectivity index (χ1n) is 9.09. The van der Waals surface area contributed by atoms with Gasteiger partial charge in [0.2, 0.25) is 0 Å². The topological polar surface area (TPSA) is 62.3 Å². The Hall–Kier alpha value is -3.53. The van der Waals surface area contributed by atoms with E-state index in [-0.39, 0.29) is 5.75 Å².